The summed E-state index contributed by atoms with van der Waals surface area (Å²) in [6, 6.07) is 12.4. The molecule has 28 heavy (non-hydrogen) atoms. The number of hydrazone groups is 1. The average Bonchev–Trinajstić information content (AvgIpc) is 3.10. The Morgan fingerprint density at radius 3 is 2.57 bits per heavy atom. The summed E-state index contributed by atoms with van der Waals surface area (Å²) < 4.78 is 43.7. The van der Waals surface area contributed by atoms with Crippen LogP contribution in [0.3, 0.4) is 0 Å². The summed E-state index contributed by atoms with van der Waals surface area (Å²) in [6.07, 6.45) is -3.45. The van der Waals surface area contributed by atoms with Gasteiger partial charge in [-0.3, -0.25) is 15.5 Å². The zero-order valence-corrected chi connectivity index (χ0v) is 14.7. The van der Waals surface area contributed by atoms with E-state index in [2.05, 4.69) is 10.5 Å². The Morgan fingerprint density at radius 1 is 1.14 bits per heavy atom. The van der Waals surface area contributed by atoms with E-state index in [4.69, 9.17) is 16.0 Å². The molecule has 6 nitrogen and oxygen atoms in total. The Bertz CT molecular complexity index is 1050. The second-order valence-corrected chi connectivity index (χ2v) is 5.95. The number of alkyl halides is 3. The summed E-state index contributed by atoms with van der Waals surface area (Å²) in [6.45, 7) is 0. The molecule has 0 amide bonds. The van der Waals surface area contributed by atoms with Gasteiger partial charge in [-0.15, -0.1) is 0 Å². The maximum atomic E-state index is 12.7. The number of hydrogen-bond donors (Lipinski definition) is 1. The summed E-state index contributed by atoms with van der Waals surface area (Å²) in [5.41, 5.74) is 0.977. The quantitative estimate of drug-likeness (QED) is 0.319. The molecule has 1 aromatic heterocycles. The monoisotopic (exact) mass is 409 g/mol. The molecule has 0 aliphatic heterocycles. The van der Waals surface area contributed by atoms with Crippen LogP contribution in [0.15, 0.2) is 64.1 Å². The SMILES string of the molecule is O=[N+]([O-])c1cc(C(F)(F)F)ccc1N/N=C/c1ccc(-c2ccccc2Cl)o1. The normalized spacial score (nSPS) is 11.7. The fourth-order valence-electron chi connectivity index (χ4n) is 2.35. The Labute approximate surface area is 161 Å². The van der Waals surface area contributed by atoms with E-state index in [1.165, 1.54) is 6.21 Å². The third-order valence-corrected chi connectivity index (χ3v) is 3.99. The molecule has 0 bridgehead atoms. The van der Waals surface area contributed by atoms with E-state index in [0.29, 0.717) is 28.2 Å². The molecular formula is C18H11ClF3N3O3. The number of nitro groups is 1. The molecule has 1 heterocycles. The highest BCUT2D eigenvalue weighted by Crippen LogP contribution is 2.35. The zero-order valence-electron chi connectivity index (χ0n) is 13.9. The molecule has 10 heteroatoms. The lowest BCUT2D eigenvalue weighted by molar-refractivity contribution is -0.384. The molecule has 0 saturated carbocycles. The predicted molar refractivity (Wildman–Crippen MR) is 98.5 cm³/mol. The number of halogens is 4. The van der Waals surface area contributed by atoms with Crippen molar-refractivity contribution in [2.24, 2.45) is 5.10 Å². The van der Waals surface area contributed by atoms with Gasteiger partial charge < -0.3 is 4.42 Å². The van der Waals surface area contributed by atoms with Crippen LogP contribution < -0.4 is 5.43 Å². The Balaban J connectivity index is 1.78. The summed E-state index contributed by atoms with van der Waals surface area (Å²) in [7, 11) is 0. The summed E-state index contributed by atoms with van der Waals surface area (Å²) >= 11 is 6.09. The van der Waals surface area contributed by atoms with Crippen molar-refractivity contribution in [2.45, 2.75) is 6.18 Å². The molecule has 0 atom stereocenters. The van der Waals surface area contributed by atoms with Gasteiger partial charge in [0.1, 0.15) is 17.2 Å². The first-order valence-electron chi connectivity index (χ1n) is 7.75. The van der Waals surface area contributed by atoms with Crippen LogP contribution in [0.4, 0.5) is 24.5 Å². The van der Waals surface area contributed by atoms with Gasteiger partial charge in [0.15, 0.2) is 0 Å². The minimum absolute atomic E-state index is 0.188. The van der Waals surface area contributed by atoms with Crippen LogP contribution in [0.2, 0.25) is 5.02 Å². The molecule has 0 fully saturated rings. The van der Waals surface area contributed by atoms with E-state index >= 15 is 0 Å². The fourth-order valence-corrected chi connectivity index (χ4v) is 2.58. The minimum Gasteiger partial charge on any atom is -0.455 e. The van der Waals surface area contributed by atoms with Crippen molar-refractivity contribution in [1.82, 2.24) is 0 Å². The van der Waals surface area contributed by atoms with E-state index < -0.39 is 22.4 Å². The molecule has 1 N–H and O–H groups in total. The third kappa shape index (κ3) is 4.32. The van der Waals surface area contributed by atoms with Gasteiger partial charge in [-0.25, -0.2) is 0 Å². The molecule has 3 rings (SSSR count). The van der Waals surface area contributed by atoms with Crippen molar-refractivity contribution in [1.29, 1.82) is 0 Å². The molecule has 0 aliphatic rings. The van der Waals surface area contributed by atoms with Crippen LogP contribution in [0.1, 0.15) is 11.3 Å². The Kier molecular flexibility index (Phi) is 5.36. The van der Waals surface area contributed by atoms with E-state index in [1.807, 2.05) is 0 Å². The maximum Gasteiger partial charge on any atom is 0.416 e. The van der Waals surface area contributed by atoms with Gasteiger partial charge in [-0.1, -0.05) is 23.7 Å². The van der Waals surface area contributed by atoms with Crippen molar-refractivity contribution in [3.63, 3.8) is 0 Å². The highest BCUT2D eigenvalue weighted by atomic mass is 35.5. The number of furan rings is 1. The number of nitrogens with zero attached hydrogens (tertiary/aromatic N) is 2. The van der Waals surface area contributed by atoms with Gasteiger partial charge in [0.2, 0.25) is 0 Å². The molecule has 0 aliphatic carbocycles. The van der Waals surface area contributed by atoms with Crippen LogP contribution in [0.5, 0.6) is 0 Å². The largest absolute Gasteiger partial charge is 0.455 e. The predicted octanol–water partition coefficient (Wildman–Crippen LogP) is 5.97. The van der Waals surface area contributed by atoms with Gasteiger partial charge >= 0.3 is 6.18 Å². The smallest absolute Gasteiger partial charge is 0.416 e. The molecule has 0 unspecified atom stereocenters. The Morgan fingerprint density at radius 2 is 1.89 bits per heavy atom. The van der Waals surface area contributed by atoms with Crippen LogP contribution >= 0.6 is 11.6 Å². The number of rotatable bonds is 5. The molecule has 3 aromatic rings. The second-order valence-electron chi connectivity index (χ2n) is 5.54. The highest BCUT2D eigenvalue weighted by molar-refractivity contribution is 6.33. The number of anilines is 1. The zero-order chi connectivity index (χ0) is 20.3. The average molecular weight is 410 g/mol. The van der Waals surface area contributed by atoms with Crippen molar-refractivity contribution in [3.05, 3.63) is 81.1 Å². The van der Waals surface area contributed by atoms with Crippen molar-refractivity contribution in [3.8, 4) is 11.3 Å². The molecule has 0 radical (unpaired) electrons. The fraction of sp³-hybridized carbons (Fsp3) is 0.0556. The van der Waals surface area contributed by atoms with E-state index in [9.17, 15) is 23.3 Å². The first-order chi connectivity index (χ1) is 13.3. The lowest BCUT2D eigenvalue weighted by Crippen LogP contribution is -2.06. The maximum absolute atomic E-state index is 12.7. The molecular weight excluding hydrogens is 399 g/mol. The molecule has 2 aromatic carbocycles. The minimum atomic E-state index is -4.68. The van der Waals surface area contributed by atoms with Gasteiger partial charge in [-0.2, -0.15) is 18.3 Å². The van der Waals surface area contributed by atoms with Crippen molar-refractivity contribution >= 4 is 29.2 Å². The standard InChI is InChI=1S/C18H11ClF3N3O3/c19-14-4-2-1-3-13(14)17-8-6-12(28-17)10-23-24-15-7-5-11(18(20,21)22)9-16(15)25(26)27/h1-10,24H/b23-10+. The third-order valence-electron chi connectivity index (χ3n) is 3.66. The lowest BCUT2D eigenvalue weighted by atomic mass is 10.1. The van der Waals surface area contributed by atoms with Gasteiger partial charge in [0, 0.05) is 11.6 Å². The second kappa shape index (κ2) is 7.73. The van der Waals surface area contributed by atoms with Crippen LogP contribution in [-0.4, -0.2) is 11.1 Å². The summed E-state index contributed by atoms with van der Waals surface area (Å²) in [4.78, 5) is 10.1. The first-order valence-corrected chi connectivity index (χ1v) is 8.13. The first kappa shape index (κ1) is 19.4. The topological polar surface area (TPSA) is 80.7 Å². The molecule has 144 valence electrons. The Hall–Kier alpha value is -3.33. The lowest BCUT2D eigenvalue weighted by Gasteiger charge is -2.08. The van der Waals surface area contributed by atoms with Gasteiger partial charge in [0.25, 0.3) is 5.69 Å². The van der Waals surface area contributed by atoms with Crippen LogP contribution in [-0.2, 0) is 6.18 Å². The van der Waals surface area contributed by atoms with E-state index in [0.717, 1.165) is 12.1 Å². The summed E-state index contributed by atoms with van der Waals surface area (Å²) in [5.74, 6) is 0.810. The van der Waals surface area contributed by atoms with Gasteiger partial charge in [0.05, 0.1) is 21.7 Å². The highest BCUT2D eigenvalue weighted by Gasteiger charge is 2.33. The van der Waals surface area contributed by atoms with Gasteiger partial charge in [-0.05, 0) is 36.4 Å². The van der Waals surface area contributed by atoms with E-state index in [1.54, 1.807) is 36.4 Å². The number of nitrogens with one attached hydrogen (secondary N) is 1. The molecule has 0 saturated heterocycles. The molecule has 0 spiro atoms. The number of benzene rings is 2. The van der Waals surface area contributed by atoms with Crippen molar-refractivity contribution in [2.75, 3.05) is 5.43 Å². The number of hydrogen-bond acceptors (Lipinski definition) is 5. The van der Waals surface area contributed by atoms with E-state index in [-0.39, 0.29) is 5.69 Å². The summed E-state index contributed by atoms with van der Waals surface area (Å²) in [5, 5.41) is 15.3. The van der Waals surface area contributed by atoms with Crippen molar-refractivity contribution < 1.29 is 22.5 Å². The van der Waals surface area contributed by atoms with Crippen LogP contribution in [0, 0.1) is 10.1 Å². The number of nitro benzene ring substituents is 1. The van der Waals surface area contributed by atoms with Crippen LogP contribution in [0.25, 0.3) is 11.3 Å².